The Bertz CT molecular complexity index is 657. The lowest BCUT2D eigenvalue weighted by atomic mass is 10.2. The smallest absolute Gasteiger partial charge is 0.294 e. The Hall–Kier alpha value is -1.86. The summed E-state index contributed by atoms with van der Waals surface area (Å²) in [6.07, 6.45) is 5.75. The lowest BCUT2D eigenvalue weighted by Gasteiger charge is -2.22. The Morgan fingerprint density at radius 1 is 1.36 bits per heavy atom. The van der Waals surface area contributed by atoms with Crippen LogP contribution in [0.25, 0.3) is 0 Å². The van der Waals surface area contributed by atoms with Crippen molar-refractivity contribution in [2.24, 2.45) is 0 Å². The highest BCUT2D eigenvalue weighted by Crippen LogP contribution is 2.19. The molecular formula is C15H17N3O3S. The maximum absolute atomic E-state index is 12.0. The zero-order chi connectivity index (χ0) is 15.2. The highest BCUT2D eigenvalue weighted by molar-refractivity contribution is 7.98. The molecule has 0 aliphatic carbocycles. The van der Waals surface area contributed by atoms with E-state index in [4.69, 9.17) is 9.47 Å². The molecule has 0 bridgehead atoms. The summed E-state index contributed by atoms with van der Waals surface area (Å²) in [6.45, 7) is 0.675. The number of hydrogen-bond donors (Lipinski definition) is 1. The first-order valence-corrected chi connectivity index (χ1v) is 8.20. The van der Waals surface area contributed by atoms with Gasteiger partial charge in [-0.1, -0.05) is 17.8 Å². The van der Waals surface area contributed by atoms with E-state index < -0.39 is 0 Å². The van der Waals surface area contributed by atoms with Gasteiger partial charge in [-0.3, -0.25) is 14.8 Å². The molecule has 7 heteroatoms. The molecule has 2 aromatic heterocycles. The van der Waals surface area contributed by atoms with E-state index in [9.17, 15) is 4.79 Å². The lowest BCUT2D eigenvalue weighted by molar-refractivity contribution is -0.106. The monoisotopic (exact) mass is 319 g/mol. The maximum atomic E-state index is 12.0. The standard InChI is InChI=1S/C15H17N3O3S/c19-14-12(21-13-6-2-4-8-20-13)9-17-15(18-14)22-10-11-5-1-3-7-16-11/h1,3,5,7,9,13H,2,4,6,8,10H2,(H,17,18,19). The first-order valence-electron chi connectivity index (χ1n) is 7.21. The number of H-pyrrole nitrogens is 1. The fraction of sp³-hybridized carbons (Fsp3) is 0.400. The molecular weight excluding hydrogens is 302 g/mol. The molecule has 1 N–H and O–H groups in total. The molecule has 1 saturated heterocycles. The Morgan fingerprint density at radius 3 is 3.05 bits per heavy atom. The van der Waals surface area contributed by atoms with Crippen molar-refractivity contribution in [3.63, 3.8) is 0 Å². The Balaban J connectivity index is 1.60. The largest absolute Gasteiger partial charge is 0.458 e. The normalized spacial score (nSPS) is 18.1. The molecule has 1 fully saturated rings. The second-order valence-electron chi connectivity index (χ2n) is 4.91. The number of thioether (sulfide) groups is 1. The molecule has 1 aliphatic heterocycles. The third-order valence-electron chi connectivity index (χ3n) is 3.22. The highest BCUT2D eigenvalue weighted by Gasteiger charge is 2.17. The van der Waals surface area contributed by atoms with E-state index in [1.807, 2.05) is 18.2 Å². The van der Waals surface area contributed by atoms with E-state index in [2.05, 4.69) is 15.0 Å². The van der Waals surface area contributed by atoms with Crippen LogP contribution in [0.15, 0.2) is 40.5 Å². The van der Waals surface area contributed by atoms with E-state index >= 15 is 0 Å². The van der Waals surface area contributed by atoms with Crippen LogP contribution in [0.3, 0.4) is 0 Å². The summed E-state index contributed by atoms with van der Waals surface area (Å²) >= 11 is 1.43. The van der Waals surface area contributed by atoms with Crippen molar-refractivity contribution in [1.82, 2.24) is 15.0 Å². The molecule has 1 unspecified atom stereocenters. The van der Waals surface area contributed by atoms with Crippen LogP contribution < -0.4 is 10.3 Å². The number of nitrogens with one attached hydrogen (secondary N) is 1. The molecule has 3 rings (SSSR count). The minimum atomic E-state index is -0.344. The molecule has 3 heterocycles. The second-order valence-corrected chi connectivity index (χ2v) is 5.87. The van der Waals surface area contributed by atoms with Crippen molar-refractivity contribution in [2.45, 2.75) is 36.5 Å². The van der Waals surface area contributed by atoms with Gasteiger partial charge in [-0.25, -0.2) is 4.98 Å². The molecule has 1 atom stereocenters. The summed E-state index contributed by atoms with van der Waals surface area (Å²) in [5, 5.41) is 0.549. The molecule has 0 amide bonds. The first-order chi connectivity index (χ1) is 10.8. The summed E-state index contributed by atoms with van der Waals surface area (Å²) in [4.78, 5) is 23.2. The van der Waals surface area contributed by atoms with Crippen molar-refractivity contribution in [3.8, 4) is 5.75 Å². The SMILES string of the molecule is O=c1[nH]c(SCc2ccccn2)ncc1OC1CCCCO1. The lowest BCUT2D eigenvalue weighted by Crippen LogP contribution is -2.27. The van der Waals surface area contributed by atoms with Crippen LogP contribution in [0.1, 0.15) is 25.0 Å². The molecule has 2 aromatic rings. The zero-order valence-electron chi connectivity index (χ0n) is 12.0. The van der Waals surface area contributed by atoms with Crippen LogP contribution in [0.4, 0.5) is 0 Å². The van der Waals surface area contributed by atoms with E-state index in [1.54, 1.807) is 6.20 Å². The molecule has 6 nitrogen and oxygen atoms in total. The van der Waals surface area contributed by atoms with E-state index in [0.717, 1.165) is 25.0 Å². The van der Waals surface area contributed by atoms with Gasteiger partial charge in [0.2, 0.25) is 5.75 Å². The summed E-state index contributed by atoms with van der Waals surface area (Å²) in [5.41, 5.74) is 0.652. The van der Waals surface area contributed by atoms with Crippen molar-refractivity contribution < 1.29 is 9.47 Å². The van der Waals surface area contributed by atoms with Gasteiger partial charge in [0, 0.05) is 18.4 Å². The van der Waals surface area contributed by atoms with Gasteiger partial charge in [-0.05, 0) is 25.0 Å². The summed E-state index contributed by atoms with van der Waals surface area (Å²) in [7, 11) is 0. The number of pyridine rings is 1. The number of rotatable bonds is 5. The maximum Gasteiger partial charge on any atom is 0.294 e. The average Bonchev–Trinajstić information content (AvgIpc) is 2.57. The summed E-state index contributed by atoms with van der Waals surface area (Å²) < 4.78 is 11.0. The van der Waals surface area contributed by atoms with Gasteiger partial charge in [0.15, 0.2) is 11.4 Å². The van der Waals surface area contributed by atoms with E-state index in [0.29, 0.717) is 17.5 Å². The third-order valence-corrected chi connectivity index (χ3v) is 4.14. The summed E-state index contributed by atoms with van der Waals surface area (Å²) in [5.74, 6) is 0.851. The first kappa shape index (κ1) is 15.1. The number of nitrogens with zero attached hydrogens (tertiary/aromatic N) is 2. The Kier molecular flexibility index (Phi) is 5.07. The molecule has 0 saturated carbocycles. The second kappa shape index (κ2) is 7.42. The van der Waals surface area contributed by atoms with Crippen LogP contribution in [0.5, 0.6) is 5.75 Å². The molecule has 0 radical (unpaired) electrons. The van der Waals surface area contributed by atoms with Crippen LogP contribution in [-0.2, 0) is 10.5 Å². The van der Waals surface area contributed by atoms with Crippen LogP contribution in [0.2, 0.25) is 0 Å². The summed E-state index contributed by atoms with van der Waals surface area (Å²) in [6, 6.07) is 5.73. The fourth-order valence-electron chi connectivity index (χ4n) is 2.10. The molecule has 22 heavy (non-hydrogen) atoms. The number of hydrogen-bond acceptors (Lipinski definition) is 6. The predicted octanol–water partition coefficient (Wildman–Crippen LogP) is 2.36. The Labute approximate surface area is 132 Å². The van der Waals surface area contributed by atoms with Gasteiger partial charge < -0.3 is 9.47 Å². The fourth-order valence-corrected chi connectivity index (χ4v) is 2.84. The minimum Gasteiger partial charge on any atom is -0.458 e. The number of aromatic nitrogens is 3. The van der Waals surface area contributed by atoms with Gasteiger partial charge in [-0.15, -0.1) is 0 Å². The van der Waals surface area contributed by atoms with Gasteiger partial charge in [0.25, 0.3) is 5.56 Å². The van der Waals surface area contributed by atoms with Gasteiger partial charge in [0.05, 0.1) is 18.5 Å². The topological polar surface area (TPSA) is 77.1 Å². The zero-order valence-corrected chi connectivity index (χ0v) is 12.8. The van der Waals surface area contributed by atoms with E-state index in [-0.39, 0.29) is 17.6 Å². The Morgan fingerprint density at radius 2 is 2.32 bits per heavy atom. The van der Waals surface area contributed by atoms with Crippen LogP contribution >= 0.6 is 11.8 Å². The van der Waals surface area contributed by atoms with Crippen molar-refractivity contribution in [2.75, 3.05) is 6.61 Å². The molecule has 0 spiro atoms. The third kappa shape index (κ3) is 4.08. The van der Waals surface area contributed by atoms with Crippen molar-refractivity contribution >= 4 is 11.8 Å². The van der Waals surface area contributed by atoms with Crippen LogP contribution in [0, 0.1) is 0 Å². The molecule has 116 valence electrons. The van der Waals surface area contributed by atoms with Gasteiger partial charge in [0.1, 0.15) is 0 Å². The predicted molar refractivity (Wildman–Crippen MR) is 82.9 cm³/mol. The highest BCUT2D eigenvalue weighted by atomic mass is 32.2. The average molecular weight is 319 g/mol. The minimum absolute atomic E-state index is 0.203. The van der Waals surface area contributed by atoms with Gasteiger partial charge in [-0.2, -0.15) is 0 Å². The van der Waals surface area contributed by atoms with E-state index in [1.165, 1.54) is 18.0 Å². The molecule has 1 aliphatic rings. The van der Waals surface area contributed by atoms with Crippen molar-refractivity contribution in [3.05, 3.63) is 46.6 Å². The number of ether oxygens (including phenoxy) is 2. The quantitative estimate of drug-likeness (QED) is 0.673. The van der Waals surface area contributed by atoms with Crippen molar-refractivity contribution in [1.29, 1.82) is 0 Å². The van der Waals surface area contributed by atoms with Crippen LogP contribution in [-0.4, -0.2) is 27.8 Å². The van der Waals surface area contributed by atoms with Gasteiger partial charge >= 0.3 is 0 Å². The molecule has 0 aromatic carbocycles. The number of aromatic amines is 1.